The fourth-order valence-electron chi connectivity index (χ4n) is 4.17. The molecule has 9 heteroatoms. The summed E-state index contributed by atoms with van der Waals surface area (Å²) in [5.74, 6) is 0.396. The molecule has 0 radical (unpaired) electrons. The third kappa shape index (κ3) is 7.02. The summed E-state index contributed by atoms with van der Waals surface area (Å²) in [6.07, 6.45) is 7.20. The highest BCUT2D eigenvalue weighted by Crippen LogP contribution is 2.24. The Kier molecular flexibility index (Phi) is 8.82. The third-order valence-electron chi connectivity index (χ3n) is 6.15. The maximum absolute atomic E-state index is 12.4. The van der Waals surface area contributed by atoms with Gasteiger partial charge in [0.2, 0.25) is 0 Å². The first-order valence-electron chi connectivity index (χ1n) is 12.4. The van der Waals surface area contributed by atoms with E-state index in [-0.39, 0.29) is 11.9 Å². The molecule has 4 rings (SSSR count). The van der Waals surface area contributed by atoms with E-state index in [1.807, 2.05) is 42.5 Å². The second-order valence-corrected chi connectivity index (χ2v) is 8.75. The Bertz CT molecular complexity index is 1150. The smallest absolute Gasteiger partial charge is 0.319 e. The number of nitrogens with zero attached hydrogens (tertiary/aromatic N) is 3. The van der Waals surface area contributed by atoms with Gasteiger partial charge in [-0.15, -0.1) is 0 Å². The highest BCUT2D eigenvalue weighted by atomic mass is 16.2. The Morgan fingerprint density at radius 2 is 1.81 bits per heavy atom. The first kappa shape index (κ1) is 25.1. The second-order valence-electron chi connectivity index (χ2n) is 8.75. The molecule has 3 amide bonds. The lowest BCUT2D eigenvalue weighted by Crippen LogP contribution is -2.34. The molecule has 36 heavy (non-hydrogen) atoms. The van der Waals surface area contributed by atoms with Crippen LogP contribution in [0.5, 0.6) is 0 Å². The van der Waals surface area contributed by atoms with E-state index in [1.54, 1.807) is 25.5 Å². The summed E-state index contributed by atoms with van der Waals surface area (Å²) in [7, 11) is 1.62. The Morgan fingerprint density at radius 1 is 1.00 bits per heavy atom. The highest BCUT2D eigenvalue weighted by Gasteiger charge is 2.15. The number of hydrogen-bond acceptors (Lipinski definition) is 6. The fraction of sp³-hybridized carbons (Fsp3) is 0.333. The van der Waals surface area contributed by atoms with E-state index in [0.717, 1.165) is 43.0 Å². The van der Waals surface area contributed by atoms with E-state index in [1.165, 1.54) is 19.3 Å². The van der Waals surface area contributed by atoms with Crippen LogP contribution in [0.4, 0.5) is 16.3 Å². The average Bonchev–Trinajstić information content (AvgIpc) is 2.93. The van der Waals surface area contributed by atoms with Gasteiger partial charge in [0.1, 0.15) is 5.82 Å². The number of aromatic nitrogens is 2. The van der Waals surface area contributed by atoms with Gasteiger partial charge in [-0.05, 0) is 61.8 Å². The van der Waals surface area contributed by atoms with Gasteiger partial charge < -0.3 is 26.2 Å². The highest BCUT2D eigenvalue weighted by molar-refractivity contribution is 5.99. The number of pyridine rings is 2. The van der Waals surface area contributed by atoms with Gasteiger partial charge >= 0.3 is 6.03 Å². The molecule has 2 aromatic heterocycles. The van der Waals surface area contributed by atoms with Crippen LogP contribution < -0.4 is 21.3 Å². The maximum Gasteiger partial charge on any atom is 0.319 e. The summed E-state index contributed by atoms with van der Waals surface area (Å²) in [6, 6.07) is 14.5. The third-order valence-corrected chi connectivity index (χ3v) is 6.15. The van der Waals surface area contributed by atoms with Crippen molar-refractivity contribution >= 4 is 23.4 Å². The minimum Gasteiger partial charge on any atom is -0.368 e. The Morgan fingerprint density at radius 3 is 2.53 bits per heavy atom. The fourth-order valence-corrected chi connectivity index (χ4v) is 4.17. The number of nitrogens with one attached hydrogen (secondary N) is 4. The number of rotatable bonds is 9. The molecule has 1 fully saturated rings. The number of piperidine rings is 1. The Hall–Kier alpha value is -3.98. The summed E-state index contributed by atoms with van der Waals surface area (Å²) in [4.78, 5) is 35.8. The Balaban J connectivity index is 1.39. The number of carbonyl (C=O) groups is 2. The van der Waals surface area contributed by atoms with E-state index < -0.39 is 0 Å². The van der Waals surface area contributed by atoms with Crippen molar-refractivity contribution in [3.8, 4) is 11.3 Å². The predicted octanol–water partition coefficient (Wildman–Crippen LogP) is 3.72. The molecular formula is C27H33N7O2. The van der Waals surface area contributed by atoms with Gasteiger partial charge in [-0.2, -0.15) is 0 Å². The summed E-state index contributed by atoms with van der Waals surface area (Å²) >= 11 is 0. The number of urea groups is 1. The first-order valence-corrected chi connectivity index (χ1v) is 12.4. The van der Waals surface area contributed by atoms with Gasteiger partial charge in [0, 0.05) is 50.3 Å². The molecule has 9 nitrogen and oxygen atoms in total. The predicted molar refractivity (Wildman–Crippen MR) is 142 cm³/mol. The number of benzene rings is 1. The number of hydrogen-bond donors (Lipinski definition) is 4. The quantitative estimate of drug-likeness (QED) is 0.366. The van der Waals surface area contributed by atoms with Crippen LogP contribution in [0, 0.1) is 0 Å². The molecule has 0 bridgehead atoms. The molecule has 0 spiro atoms. The summed E-state index contributed by atoms with van der Waals surface area (Å²) in [6.45, 7) is 4.28. The molecule has 3 aromatic rings. The van der Waals surface area contributed by atoms with Crippen LogP contribution in [0.15, 0.2) is 60.9 Å². The largest absolute Gasteiger partial charge is 0.368 e. The molecule has 0 unspecified atom stereocenters. The summed E-state index contributed by atoms with van der Waals surface area (Å²) in [5, 5.41) is 11.7. The van der Waals surface area contributed by atoms with Crippen LogP contribution in [0.1, 0.15) is 35.2 Å². The SMILES string of the molecule is CNC(=O)c1ccc(-c2ccc(NC(=O)NCc3cccnc3)cc2)nc1NCCN1CCCCC1. The molecule has 188 valence electrons. The molecule has 4 N–H and O–H groups in total. The summed E-state index contributed by atoms with van der Waals surface area (Å²) < 4.78 is 0. The maximum atomic E-state index is 12.4. The second kappa shape index (κ2) is 12.6. The van der Waals surface area contributed by atoms with E-state index in [4.69, 9.17) is 4.98 Å². The normalized spacial score (nSPS) is 13.6. The molecule has 0 aliphatic carbocycles. The van der Waals surface area contributed by atoms with E-state index in [0.29, 0.717) is 23.6 Å². The topological polar surface area (TPSA) is 111 Å². The van der Waals surface area contributed by atoms with Crippen LogP contribution in [0.25, 0.3) is 11.3 Å². The zero-order valence-corrected chi connectivity index (χ0v) is 20.6. The number of amides is 3. The lowest BCUT2D eigenvalue weighted by Gasteiger charge is -2.26. The zero-order chi connectivity index (χ0) is 25.2. The van der Waals surface area contributed by atoms with Gasteiger partial charge in [0.25, 0.3) is 5.91 Å². The van der Waals surface area contributed by atoms with Gasteiger partial charge in [-0.25, -0.2) is 9.78 Å². The van der Waals surface area contributed by atoms with E-state index in [2.05, 4.69) is 31.2 Å². The first-order chi connectivity index (χ1) is 17.6. The molecule has 3 heterocycles. The van der Waals surface area contributed by atoms with E-state index in [9.17, 15) is 9.59 Å². The molecule has 1 aliphatic rings. The van der Waals surface area contributed by atoms with Gasteiger partial charge in [-0.1, -0.05) is 24.6 Å². The monoisotopic (exact) mass is 487 g/mol. The number of carbonyl (C=O) groups excluding carboxylic acids is 2. The molecule has 1 aromatic carbocycles. The molecule has 0 atom stereocenters. The van der Waals surface area contributed by atoms with Crippen molar-refractivity contribution in [1.29, 1.82) is 0 Å². The van der Waals surface area contributed by atoms with Crippen molar-refractivity contribution in [2.75, 3.05) is 43.9 Å². The van der Waals surface area contributed by atoms with Gasteiger partial charge in [-0.3, -0.25) is 9.78 Å². The minimum atomic E-state index is -0.292. The molecule has 1 aliphatic heterocycles. The van der Waals surface area contributed by atoms with Gasteiger partial charge in [0.05, 0.1) is 11.3 Å². The average molecular weight is 488 g/mol. The standard InChI is InChI=1S/C27H33N7O2/c1-28-26(35)23-11-12-24(33-25(23)30-14-17-34-15-3-2-4-16-34)21-7-9-22(10-8-21)32-27(36)31-19-20-6-5-13-29-18-20/h5-13,18H,2-4,14-17,19H2,1H3,(H,28,35)(H,30,33)(H2,31,32,36). The lowest BCUT2D eigenvalue weighted by molar-refractivity contribution is 0.0963. The van der Waals surface area contributed by atoms with Crippen molar-refractivity contribution in [3.05, 3.63) is 72.1 Å². The van der Waals surface area contributed by atoms with Crippen LogP contribution in [0.2, 0.25) is 0 Å². The summed E-state index contributed by atoms with van der Waals surface area (Å²) in [5.41, 5.74) is 3.75. The van der Waals surface area contributed by atoms with Gasteiger partial charge in [0.15, 0.2) is 0 Å². The van der Waals surface area contributed by atoms with Crippen LogP contribution >= 0.6 is 0 Å². The zero-order valence-electron chi connectivity index (χ0n) is 20.6. The Labute approximate surface area is 211 Å². The van der Waals surface area contributed by atoms with Crippen LogP contribution in [-0.2, 0) is 6.54 Å². The minimum absolute atomic E-state index is 0.175. The van der Waals surface area contributed by atoms with Crippen LogP contribution in [-0.4, -0.2) is 60.0 Å². The van der Waals surface area contributed by atoms with Crippen molar-refractivity contribution in [2.24, 2.45) is 0 Å². The van der Waals surface area contributed by atoms with Crippen molar-refractivity contribution in [2.45, 2.75) is 25.8 Å². The van der Waals surface area contributed by atoms with Crippen molar-refractivity contribution in [3.63, 3.8) is 0 Å². The molecule has 0 saturated carbocycles. The number of likely N-dealkylation sites (tertiary alicyclic amines) is 1. The molecule has 1 saturated heterocycles. The van der Waals surface area contributed by atoms with Crippen molar-refractivity contribution in [1.82, 2.24) is 25.5 Å². The lowest BCUT2D eigenvalue weighted by atomic mass is 10.1. The van der Waals surface area contributed by atoms with Crippen molar-refractivity contribution < 1.29 is 9.59 Å². The van der Waals surface area contributed by atoms with Crippen LogP contribution in [0.3, 0.4) is 0 Å². The molecular weight excluding hydrogens is 454 g/mol. The van der Waals surface area contributed by atoms with E-state index >= 15 is 0 Å². The number of anilines is 2.